The number of benzene rings is 2. The molecule has 0 bridgehead atoms. The molecular formula is C32H38N8O3. The van der Waals surface area contributed by atoms with Crippen molar-refractivity contribution in [3.05, 3.63) is 77.2 Å². The lowest BCUT2D eigenvalue weighted by Crippen LogP contribution is -2.39. The molecule has 4 heterocycles. The number of carbonyl (C=O) groups is 1. The summed E-state index contributed by atoms with van der Waals surface area (Å²) in [5, 5.41) is 14.6. The van der Waals surface area contributed by atoms with Gasteiger partial charge in [0.2, 0.25) is 0 Å². The number of hydrogen-bond donors (Lipinski definition) is 3. The van der Waals surface area contributed by atoms with E-state index >= 15 is 0 Å². The van der Waals surface area contributed by atoms with Gasteiger partial charge in [-0.05, 0) is 49.7 Å². The lowest BCUT2D eigenvalue weighted by Gasteiger charge is -2.26. The molecule has 0 saturated carbocycles. The van der Waals surface area contributed by atoms with Crippen molar-refractivity contribution in [2.24, 2.45) is 0 Å². The molecule has 43 heavy (non-hydrogen) atoms. The number of carbonyl (C=O) groups excluding carboxylic acids is 1. The molecule has 0 radical (unpaired) electrons. The van der Waals surface area contributed by atoms with E-state index in [0.717, 1.165) is 79.3 Å². The van der Waals surface area contributed by atoms with Crippen LogP contribution in [0.15, 0.2) is 54.9 Å². The number of aryl methyl sites for hydroxylation is 2. The highest BCUT2D eigenvalue weighted by molar-refractivity contribution is 6.04. The Hall–Kier alpha value is -4.48. The molecule has 4 aromatic rings. The minimum absolute atomic E-state index is 0.128. The number of rotatable bonds is 9. The van der Waals surface area contributed by atoms with E-state index < -0.39 is 0 Å². The van der Waals surface area contributed by atoms with Gasteiger partial charge in [-0.1, -0.05) is 19.9 Å². The molecule has 6 rings (SSSR count). The van der Waals surface area contributed by atoms with Gasteiger partial charge in [0, 0.05) is 66.2 Å². The fourth-order valence-corrected chi connectivity index (χ4v) is 5.33. The van der Waals surface area contributed by atoms with Gasteiger partial charge in [0.05, 0.1) is 25.5 Å². The molecule has 11 heteroatoms. The molecule has 11 nitrogen and oxygen atoms in total. The Morgan fingerprint density at radius 2 is 1.86 bits per heavy atom. The van der Waals surface area contributed by atoms with Crippen LogP contribution in [0.3, 0.4) is 0 Å². The predicted octanol–water partition coefficient (Wildman–Crippen LogP) is 4.69. The monoisotopic (exact) mass is 582 g/mol. The van der Waals surface area contributed by atoms with Crippen LogP contribution >= 0.6 is 0 Å². The molecule has 0 aliphatic carbocycles. The topological polar surface area (TPSA) is 118 Å². The number of amides is 1. The van der Waals surface area contributed by atoms with Crippen molar-refractivity contribution in [3.8, 4) is 11.6 Å². The molecule has 3 N–H and O–H groups in total. The molecule has 0 spiro atoms. The van der Waals surface area contributed by atoms with Crippen molar-refractivity contribution in [2.75, 3.05) is 62.0 Å². The van der Waals surface area contributed by atoms with Crippen LogP contribution in [0.1, 0.15) is 41.0 Å². The quantitative estimate of drug-likeness (QED) is 0.258. The first-order valence-corrected chi connectivity index (χ1v) is 14.6. The van der Waals surface area contributed by atoms with Gasteiger partial charge in [0.15, 0.2) is 5.82 Å². The van der Waals surface area contributed by atoms with E-state index in [9.17, 15) is 4.79 Å². The van der Waals surface area contributed by atoms with Crippen LogP contribution in [0.4, 0.5) is 23.0 Å². The molecule has 1 amide bonds. The maximum absolute atomic E-state index is 13.2. The van der Waals surface area contributed by atoms with Crippen LogP contribution in [-0.4, -0.2) is 76.6 Å². The Morgan fingerprint density at radius 1 is 1.02 bits per heavy atom. The van der Waals surface area contributed by atoms with Gasteiger partial charge in [-0.15, -0.1) is 0 Å². The van der Waals surface area contributed by atoms with E-state index in [1.807, 2.05) is 56.3 Å². The number of morpholine rings is 1. The average molecular weight is 583 g/mol. The van der Waals surface area contributed by atoms with Crippen LogP contribution in [0.25, 0.3) is 5.82 Å². The summed E-state index contributed by atoms with van der Waals surface area (Å²) in [6, 6.07) is 15.3. The number of fused-ring (bicyclic) bond motifs is 1. The zero-order chi connectivity index (χ0) is 30.0. The SMILES string of the molecule is Cc1cc(Nc2cc(NC(=O)c3ccc4c(c3)C(C)(C)CO4)ccc2C)n(-c2cc(NCCN3CCOCC3)ncn2)n1. The van der Waals surface area contributed by atoms with Crippen molar-refractivity contribution in [1.82, 2.24) is 24.6 Å². The normalized spacial score (nSPS) is 15.9. The van der Waals surface area contributed by atoms with Crippen molar-refractivity contribution >= 4 is 28.9 Å². The molecule has 2 aliphatic rings. The second-order valence-corrected chi connectivity index (χ2v) is 11.7. The van der Waals surface area contributed by atoms with Crippen molar-refractivity contribution in [1.29, 1.82) is 0 Å². The van der Waals surface area contributed by atoms with E-state index in [4.69, 9.17) is 9.47 Å². The maximum Gasteiger partial charge on any atom is 0.255 e. The lowest BCUT2D eigenvalue weighted by molar-refractivity contribution is 0.0398. The molecule has 0 unspecified atom stereocenters. The number of anilines is 4. The Kier molecular flexibility index (Phi) is 8.00. The largest absolute Gasteiger partial charge is 0.492 e. The molecule has 224 valence electrons. The third-order valence-electron chi connectivity index (χ3n) is 7.86. The minimum Gasteiger partial charge on any atom is -0.492 e. The first-order chi connectivity index (χ1) is 20.7. The maximum atomic E-state index is 13.2. The number of nitrogens with one attached hydrogen (secondary N) is 3. The molecule has 1 fully saturated rings. The number of aromatic nitrogens is 4. The minimum atomic E-state index is -0.171. The van der Waals surface area contributed by atoms with E-state index in [-0.39, 0.29) is 11.3 Å². The second-order valence-electron chi connectivity index (χ2n) is 11.7. The van der Waals surface area contributed by atoms with Crippen molar-refractivity contribution in [2.45, 2.75) is 33.1 Å². The summed E-state index contributed by atoms with van der Waals surface area (Å²) in [6.45, 7) is 14.0. The molecule has 2 aliphatic heterocycles. The van der Waals surface area contributed by atoms with E-state index in [2.05, 4.69) is 49.8 Å². The Balaban J connectivity index is 1.16. The third-order valence-corrected chi connectivity index (χ3v) is 7.86. The van der Waals surface area contributed by atoms with Gasteiger partial charge in [-0.3, -0.25) is 9.69 Å². The number of ether oxygens (including phenoxy) is 2. The van der Waals surface area contributed by atoms with Gasteiger partial charge in [0.25, 0.3) is 5.91 Å². The first kappa shape index (κ1) is 28.6. The van der Waals surface area contributed by atoms with Crippen LogP contribution in [0.2, 0.25) is 0 Å². The summed E-state index contributed by atoms with van der Waals surface area (Å²) < 4.78 is 13.0. The predicted molar refractivity (Wildman–Crippen MR) is 167 cm³/mol. The summed E-state index contributed by atoms with van der Waals surface area (Å²) in [5.41, 5.74) is 4.92. The summed E-state index contributed by atoms with van der Waals surface area (Å²) in [4.78, 5) is 24.5. The number of hydrogen-bond acceptors (Lipinski definition) is 9. The highest BCUT2D eigenvalue weighted by Gasteiger charge is 2.32. The Morgan fingerprint density at radius 3 is 2.70 bits per heavy atom. The molecule has 1 saturated heterocycles. The molecule has 2 aromatic heterocycles. The second kappa shape index (κ2) is 12.0. The standard InChI is InChI=1S/C32H38N8O3/c1-21-5-7-24(36-31(41)23-6-8-27-25(16-23)32(3,4)19-43-27)17-26(21)37-30-15-22(2)38-40(30)29-18-28(34-20-35-29)33-9-10-39-11-13-42-14-12-39/h5-8,15-18,20,37H,9-14,19H2,1-4H3,(H,36,41)(H,33,34,35). The summed E-state index contributed by atoms with van der Waals surface area (Å²) >= 11 is 0. The zero-order valence-corrected chi connectivity index (χ0v) is 25.1. The fraction of sp³-hybridized carbons (Fsp3) is 0.375. The molecule has 2 aromatic carbocycles. The van der Waals surface area contributed by atoms with Gasteiger partial charge in [-0.2, -0.15) is 9.78 Å². The lowest BCUT2D eigenvalue weighted by atomic mass is 9.86. The molecular weight excluding hydrogens is 544 g/mol. The Labute approximate surface area is 251 Å². The van der Waals surface area contributed by atoms with Crippen LogP contribution in [0, 0.1) is 13.8 Å². The van der Waals surface area contributed by atoms with E-state index in [1.54, 1.807) is 17.1 Å². The first-order valence-electron chi connectivity index (χ1n) is 14.6. The smallest absolute Gasteiger partial charge is 0.255 e. The van der Waals surface area contributed by atoms with Crippen molar-refractivity contribution < 1.29 is 14.3 Å². The Bertz CT molecular complexity index is 1630. The summed E-state index contributed by atoms with van der Waals surface area (Å²) in [7, 11) is 0. The van der Waals surface area contributed by atoms with Crippen LogP contribution in [-0.2, 0) is 10.2 Å². The summed E-state index contributed by atoms with van der Waals surface area (Å²) in [6.07, 6.45) is 1.54. The highest BCUT2D eigenvalue weighted by atomic mass is 16.5. The van der Waals surface area contributed by atoms with Gasteiger partial charge < -0.3 is 25.4 Å². The van der Waals surface area contributed by atoms with Gasteiger partial charge in [0.1, 0.15) is 23.7 Å². The number of nitrogens with zero attached hydrogens (tertiary/aromatic N) is 5. The summed E-state index contributed by atoms with van der Waals surface area (Å²) in [5.74, 6) is 2.80. The molecule has 0 atom stereocenters. The fourth-order valence-electron chi connectivity index (χ4n) is 5.33. The highest BCUT2D eigenvalue weighted by Crippen LogP contribution is 2.39. The van der Waals surface area contributed by atoms with Crippen LogP contribution in [0.5, 0.6) is 5.75 Å². The van der Waals surface area contributed by atoms with Crippen LogP contribution < -0.4 is 20.7 Å². The van der Waals surface area contributed by atoms with E-state index in [1.165, 1.54) is 0 Å². The van der Waals surface area contributed by atoms with E-state index in [0.29, 0.717) is 23.7 Å². The van der Waals surface area contributed by atoms with Gasteiger partial charge in [-0.25, -0.2) is 9.97 Å². The third kappa shape index (κ3) is 6.47. The zero-order valence-electron chi connectivity index (χ0n) is 25.1. The van der Waals surface area contributed by atoms with Crippen molar-refractivity contribution in [3.63, 3.8) is 0 Å². The van der Waals surface area contributed by atoms with Gasteiger partial charge >= 0.3 is 0 Å². The average Bonchev–Trinajstić information content (AvgIpc) is 3.53.